The molecule has 1 saturated carbocycles. The van der Waals surface area contributed by atoms with Crippen LogP contribution in [0.1, 0.15) is 33.1 Å². The first kappa shape index (κ1) is 11.4. The van der Waals surface area contributed by atoms with E-state index in [1.54, 1.807) is 12.5 Å². The van der Waals surface area contributed by atoms with Crippen LogP contribution in [0, 0.1) is 11.8 Å². The molecule has 0 spiro atoms. The molecule has 18 heavy (non-hydrogen) atoms. The van der Waals surface area contributed by atoms with Gasteiger partial charge in [-0.3, -0.25) is 4.40 Å². The Kier molecular flexibility index (Phi) is 2.89. The van der Waals surface area contributed by atoms with Crippen molar-refractivity contribution in [1.29, 1.82) is 0 Å². The monoisotopic (exact) mass is 245 g/mol. The zero-order chi connectivity index (χ0) is 12.5. The van der Waals surface area contributed by atoms with Gasteiger partial charge in [-0.1, -0.05) is 13.8 Å². The van der Waals surface area contributed by atoms with Gasteiger partial charge in [0, 0.05) is 18.4 Å². The average Bonchev–Trinajstić information content (AvgIpc) is 2.82. The zero-order valence-corrected chi connectivity index (χ0v) is 10.9. The van der Waals surface area contributed by atoms with Crippen molar-refractivity contribution in [1.82, 2.24) is 19.6 Å². The van der Waals surface area contributed by atoms with E-state index >= 15 is 0 Å². The maximum Gasteiger partial charge on any atom is 0.203 e. The lowest BCUT2D eigenvalue weighted by molar-refractivity contribution is 0.276. The summed E-state index contributed by atoms with van der Waals surface area (Å²) in [5, 5.41) is 11.6. The molecule has 5 heteroatoms. The normalized spacial score (nSPS) is 28.4. The number of nitrogens with zero attached hydrogens (tertiary/aromatic N) is 4. The Morgan fingerprint density at radius 1 is 1.33 bits per heavy atom. The minimum Gasteiger partial charge on any atom is -0.364 e. The zero-order valence-electron chi connectivity index (χ0n) is 10.9. The number of nitrogens with one attached hydrogen (secondary N) is 1. The highest BCUT2D eigenvalue weighted by Gasteiger charge is 2.26. The molecule has 2 aromatic rings. The summed E-state index contributed by atoms with van der Waals surface area (Å²) >= 11 is 0. The van der Waals surface area contributed by atoms with E-state index in [-0.39, 0.29) is 0 Å². The second-order valence-electron chi connectivity index (χ2n) is 5.48. The fourth-order valence-corrected chi connectivity index (χ4v) is 2.92. The summed E-state index contributed by atoms with van der Waals surface area (Å²) in [7, 11) is 0. The SMILES string of the molecule is CC1CCC(Nc2nccn3cnnc23)C(C)C1. The topological polar surface area (TPSA) is 55.1 Å². The van der Waals surface area contributed by atoms with Crippen molar-refractivity contribution in [2.75, 3.05) is 5.32 Å². The van der Waals surface area contributed by atoms with E-state index in [1.165, 1.54) is 19.3 Å². The van der Waals surface area contributed by atoms with Crippen LogP contribution in [0.25, 0.3) is 5.65 Å². The number of hydrogen-bond donors (Lipinski definition) is 1. The maximum atomic E-state index is 4.39. The molecule has 1 N–H and O–H groups in total. The van der Waals surface area contributed by atoms with E-state index in [2.05, 4.69) is 34.3 Å². The minimum absolute atomic E-state index is 0.497. The van der Waals surface area contributed by atoms with Crippen LogP contribution in [0.4, 0.5) is 5.82 Å². The third-order valence-electron chi connectivity index (χ3n) is 3.97. The average molecular weight is 245 g/mol. The molecule has 5 nitrogen and oxygen atoms in total. The van der Waals surface area contributed by atoms with Gasteiger partial charge in [0.05, 0.1) is 0 Å². The number of fused-ring (bicyclic) bond motifs is 1. The molecule has 0 amide bonds. The predicted octanol–water partition coefficient (Wildman–Crippen LogP) is 2.36. The Labute approximate surface area is 107 Å². The molecule has 3 rings (SSSR count). The van der Waals surface area contributed by atoms with Gasteiger partial charge in [0.15, 0.2) is 5.82 Å². The van der Waals surface area contributed by atoms with Crippen LogP contribution in [0.2, 0.25) is 0 Å². The second-order valence-corrected chi connectivity index (χ2v) is 5.48. The van der Waals surface area contributed by atoms with Gasteiger partial charge in [0.25, 0.3) is 0 Å². The lowest BCUT2D eigenvalue weighted by Crippen LogP contribution is -2.33. The molecule has 0 aliphatic heterocycles. The first-order valence-corrected chi connectivity index (χ1v) is 6.65. The molecule has 0 aromatic carbocycles. The van der Waals surface area contributed by atoms with Crippen molar-refractivity contribution in [3.63, 3.8) is 0 Å². The quantitative estimate of drug-likeness (QED) is 0.882. The van der Waals surface area contributed by atoms with Gasteiger partial charge in [0.2, 0.25) is 5.65 Å². The summed E-state index contributed by atoms with van der Waals surface area (Å²) in [6, 6.07) is 0.497. The molecule has 96 valence electrons. The van der Waals surface area contributed by atoms with E-state index in [1.807, 2.05) is 10.6 Å². The van der Waals surface area contributed by atoms with Crippen molar-refractivity contribution in [3.8, 4) is 0 Å². The fraction of sp³-hybridized carbons (Fsp3) is 0.615. The molecule has 1 aliphatic rings. The highest BCUT2D eigenvalue weighted by molar-refractivity contribution is 5.61. The van der Waals surface area contributed by atoms with Gasteiger partial charge in [0.1, 0.15) is 6.33 Å². The van der Waals surface area contributed by atoms with Crippen molar-refractivity contribution >= 4 is 11.5 Å². The van der Waals surface area contributed by atoms with Crippen LogP contribution in [-0.4, -0.2) is 25.6 Å². The van der Waals surface area contributed by atoms with Crippen LogP contribution in [0.15, 0.2) is 18.7 Å². The van der Waals surface area contributed by atoms with Gasteiger partial charge < -0.3 is 5.32 Å². The van der Waals surface area contributed by atoms with Crippen molar-refractivity contribution in [3.05, 3.63) is 18.7 Å². The molecule has 0 radical (unpaired) electrons. The van der Waals surface area contributed by atoms with Crippen LogP contribution in [0.3, 0.4) is 0 Å². The predicted molar refractivity (Wildman–Crippen MR) is 70.4 cm³/mol. The Bertz CT molecular complexity index is 535. The number of rotatable bonds is 2. The first-order valence-electron chi connectivity index (χ1n) is 6.65. The molecule has 0 saturated heterocycles. The summed E-state index contributed by atoms with van der Waals surface area (Å²) in [5.41, 5.74) is 0.809. The van der Waals surface area contributed by atoms with Gasteiger partial charge in [-0.15, -0.1) is 10.2 Å². The Hall–Kier alpha value is -1.65. The standard InChI is InChI=1S/C13H19N5/c1-9-3-4-11(10(2)7-9)16-12-13-17-15-8-18(13)6-5-14-12/h5-6,8-11H,3-4,7H2,1-2H3,(H,14,16). The molecule has 1 aliphatic carbocycles. The third-order valence-corrected chi connectivity index (χ3v) is 3.97. The Balaban J connectivity index is 1.82. The van der Waals surface area contributed by atoms with Crippen LogP contribution >= 0.6 is 0 Å². The second kappa shape index (κ2) is 4.55. The fourth-order valence-electron chi connectivity index (χ4n) is 2.92. The summed E-state index contributed by atoms with van der Waals surface area (Å²) in [4.78, 5) is 4.39. The molecular weight excluding hydrogens is 226 g/mol. The summed E-state index contributed by atoms with van der Waals surface area (Å²) in [6.45, 7) is 4.65. The van der Waals surface area contributed by atoms with E-state index in [4.69, 9.17) is 0 Å². The van der Waals surface area contributed by atoms with Gasteiger partial charge in [-0.05, 0) is 31.1 Å². The molecule has 3 unspecified atom stereocenters. The van der Waals surface area contributed by atoms with E-state index in [0.29, 0.717) is 12.0 Å². The largest absolute Gasteiger partial charge is 0.364 e. The van der Waals surface area contributed by atoms with Crippen molar-refractivity contribution in [2.45, 2.75) is 39.2 Å². The van der Waals surface area contributed by atoms with E-state index < -0.39 is 0 Å². The van der Waals surface area contributed by atoms with Gasteiger partial charge in [-0.25, -0.2) is 4.98 Å². The first-order chi connectivity index (χ1) is 8.74. The van der Waals surface area contributed by atoms with Crippen LogP contribution in [-0.2, 0) is 0 Å². The highest BCUT2D eigenvalue weighted by atomic mass is 15.2. The van der Waals surface area contributed by atoms with E-state index in [0.717, 1.165) is 17.4 Å². The molecule has 2 aromatic heterocycles. The van der Waals surface area contributed by atoms with E-state index in [9.17, 15) is 0 Å². The summed E-state index contributed by atoms with van der Waals surface area (Å²) in [6.07, 6.45) is 9.14. The Morgan fingerprint density at radius 3 is 3.06 bits per heavy atom. The number of hydrogen-bond acceptors (Lipinski definition) is 4. The number of aromatic nitrogens is 4. The molecule has 0 bridgehead atoms. The lowest BCUT2D eigenvalue weighted by Gasteiger charge is -2.33. The molecule has 2 heterocycles. The molecular formula is C13H19N5. The van der Waals surface area contributed by atoms with Crippen LogP contribution < -0.4 is 5.32 Å². The minimum atomic E-state index is 0.497. The van der Waals surface area contributed by atoms with Crippen LogP contribution in [0.5, 0.6) is 0 Å². The van der Waals surface area contributed by atoms with Crippen molar-refractivity contribution < 1.29 is 0 Å². The smallest absolute Gasteiger partial charge is 0.203 e. The van der Waals surface area contributed by atoms with Gasteiger partial charge >= 0.3 is 0 Å². The highest BCUT2D eigenvalue weighted by Crippen LogP contribution is 2.30. The molecule has 3 atom stereocenters. The summed E-state index contributed by atoms with van der Waals surface area (Å²) in [5.74, 6) is 2.37. The van der Waals surface area contributed by atoms with Crippen molar-refractivity contribution in [2.24, 2.45) is 11.8 Å². The molecule has 1 fully saturated rings. The maximum absolute atomic E-state index is 4.39. The lowest BCUT2D eigenvalue weighted by atomic mass is 9.80. The van der Waals surface area contributed by atoms with Gasteiger partial charge in [-0.2, -0.15) is 0 Å². The third kappa shape index (κ3) is 2.05. The number of anilines is 1. The summed E-state index contributed by atoms with van der Waals surface area (Å²) < 4.78 is 1.89. The Morgan fingerprint density at radius 2 is 2.22 bits per heavy atom.